The number of sulfonamides is 1. The van der Waals surface area contributed by atoms with Crippen LogP contribution in [0.1, 0.15) is 16.7 Å². The van der Waals surface area contributed by atoms with Gasteiger partial charge in [0.05, 0.1) is 4.90 Å². The van der Waals surface area contributed by atoms with Gasteiger partial charge in [0.15, 0.2) is 6.10 Å². The number of hydrogen-bond donors (Lipinski definition) is 3. The molecule has 0 aliphatic heterocycles. The standard InChI is InChI=1S/C12H17NO5S/c1-7-4-8(2)11(9(3)5-7)19(17,18)13-6-10(14)12(15)16/h4-5,10,13-14H,6H2,1-3H3,(H,15,16)/t10-/m1/s1. The Morgan fingerprint density at radius 2 is 1.74 bits per heavy atom. The zero-order valence-electron chi connectivity index (χ0n) is 11.0. The number of aryl methyl sites for hydroxylation is 3. The predicted molar refractivity (Wildman–Crippen MR) is 69.5 cm³/mol. The minimum absolute atomic E-state index is 0.121. The van der Waals surface area contributed by atoms with E-state index >= 15 is 0 Å². The van der Waals surface area contributed by atoms with E-state index < -0.39 is 28.6 Å². The fourth-order valence-electron chi connectivity index (χ4n) is 1.94. The molecule has 1 rings (SSSR count). The van der Waals surface area contributed by atoms with E-state index in [1.54, 1.807) is 26.0 Å². The molecule has 0 fully saturated rings. The van der Waals surface area contributed by atoms with Crippen molar-refractivity contribution in [3.05, 3.63) is 28.8 Å². The number of carbonyl (C=O) groups is 1. The lowest BCUT2D eigenvalue weighted by molar-refractivity contribution is -0.146. The highest BCUT2D eigenvalue weighted by molar-refractivity contribution is 7.89. The molecule has 6 nitrogen and oxygen atoms in total. The summed E-state index contributed by atoms with van der Waals surface area (Å²) in [5, 5.41) is 17.6. The first-order valence-electron chi connectivity index (χ1n) is 5.63. The summed E-state index contributed by atoms with van der Waals surface area (Å²) in [6, 6.07) is 3.46. The van der Waals surface area contributed by atoms with Gasteiger partial charge in [0.2, 0.25) is 10.0 Å². The molecular weight excluding hydrogens is 270 g/mol. The number of carboxylic acid groups (broad SMARTS) is 1. The van der Waals surface area contributed by atoms with Crippen LogP contribution in [0.2, 0.25) is 0 Å². The smallest absolute Gasteiger partial charge is 0.333 e. The summed E-state index contributed by atoms with van der Waals surface area (Å²) in [5.41, 5.74) is 2.10. The number of aliphatic hydroxyl groups is 1. The number of hydrogen-bond acceptors (Lipinski definition) is 4. The highest BCUT2D eigenvalue weighted by Gasteiger charge is 2.22. The molecule has 1 aromatic rings. The summed E-state index contributed by atoms with van der Waals surface area (Å²) >= 11 is 0. The van der Waals surface area contributed by atoms with Gasteiger partial charge in [0.25, 0.3) is 0 Å². The summed E-state index contributed by atoms with van der Waals surface area (Å²) in [6.07, 6.45) is -1.76. The van der Waals surface area contributed by atoms with E-state index in [2.05, 4.69) is 4.72 Å². The van der Waals surface area contributed by atoms with Crippen molar-refractivity contribution in [3.63, 3.8) is 0 Å². The number of nitrogens with one attached hydrogen (secondary N) is 1. The van der Waals surface area contributed by atoms with Crippen molar-refractivity contribution in [1.29, 1.82) is 0 Å². The van der Waals surface area contributed by atoms with Crippen LogP contribution in [-0.4, -0.2) is 37.2 Å². The van der Waals surface area contributed by atoms with Gasteiger partial charge in [-0.15, -0.1) is 0 Å². The Morgan fingerprint density at radius 3 is 2.16 bits per heavy atom. The Bertz CT molecular complexity index is 571. The molecule has 0 aliphatic carbocycles. The maximum atomic E-state index is 12.1. The second kappa shape index (κ2) is 5.68. The van der Waals surface area contributed by atoms with Gasteiger partial charge in [-0.3, -0.25) is 0 Å². The monoisotopic (exact) mass is 287 g/mol. The quantitative estimate of drug-likeness (QED) is 0.724. The average Bonchev–Trinajstić information content (AvgIpc) is 2.23. The molecule has 1 atom stereocenters. The van der Waals surface area contributed by atoms with Crippen LogP contribution in [-0.2, 0) is 14.8 Å². The fraction of sp³-hybridized carbons (Fsp3) is 0.417. The normalized spacial score (nSPS) is 13.3. The first-order chi connectivity index (χ1) is 8.65. The van der Waals surface area contributed by atoms with Gasteiger partial charge in [0, 0.05) is 6.54 Å². The molecule has 0 aromatic heterocycles. The zero-order valence-corrected chi connectivity index (χ0v) is 11.8. The molecule has 0 aliphatic rings. The molecule has 0 saturated heterocycles. The van der Waals surface area contributed by atoms with Crippen molar-refractivity contribution >= 4 is 16.0 Å². The lowest BCUT2D eigenvalue weighted by Gasteiger charge is -2.14. The van der Waals surface area contributed by atoms with Crippen LogP contribution in [0.5, 0.6) is 0 Å². The van der Waals surface area contributed by atoms with Crippen LogP contribution in [0.3, 0.4) is 0 Å². The molecule has 19 heavy (non-hydrogen) atoms. The number of aliphatic hydroxyl groups excluding tert-OH is 1. The van der Waals surface area contributed by atoms with Crippen molar-refractivity contribution < 1.29 is 23.4 Å². The lowest BCUT2D eigenvalue weighted by atomic mass is 10.1. The van der Waals surface area contributed by atoms with Crippen molar-refractivity contribution in [2.24, 2.45) is 0 Å². The Morgan fingerprint density at radius 1 is 1.26 bits per heavy atom. The first kappa shape index (κ1) is 15.6. The highest BCUT2D eigenvalue weighted by Crippen LogP contribution is 2.21. The van der Waals surface area contributed by atoms with Crippen molar-refractivity contribution in [3.8, 4) is 0 Å². The summed E-state index contributed by atoms with van der Waals surface area (Å²) in [7, 11) is -3.84. The van der Waals surface area contributed by atoms with Crippen molar-refractivity contribution in [1.82, 2.24) is 4.72 Å². The Balaban J connectivity index is 3.05. The van der Waals surface area contributed by atoms with Gasteiger partial charge in [-0.1, -0.05) is 17.7 Å². The second-order valence-electron chi connectivity index (χ2n) is 4.43. The van der Waals surface area contributed by atoms with Gasteiger partial charge in [-0.2, -0.15) is 0 Å². The van der Waals surface area contributed by atoms with Gasteiger partial charge in [-0.25, -0.2) is 17.9 Å². The molecule has 3 N–H and O–H groups in total. The minimum atomic E-state index is -3.84. The third-order valence-corrected chi connectivity index (χ3v) is 4.35. The maximum absolute atomic E-state index is 12.1. The molecular formula is C12H17NO5S. The molecule has 0 spiro atoms. The number of benzene rings is 1. The Labute approximate surface area is 112 Å². The van der Waals surface area contributed by atoms with Gasteiger partial charge < -0.3 is 10.2 Å². The molecule has 106 valence electrons. The summed E-state index contributed by atoms with van der Waals surface area (Å²) < 4.78 is 26.3. The number of carboxylic acids is 1. The summed E-state index contributed by atoms with van der Waals surface area (Å²) in [5.74, 6) is -1.47. The molecule has 0 bridgehead atoms. The molecule has 1 aromatic carbocycles. The molecule has 0 radical (unpaired) electrons. The van der Waals surface area contributed by atoms with Crippen LogP contribution in [0.25, 0.3) is 0 Å². The van der Waals surface area contributed by atoms with Crippen molar-refractivity contribution in [2.75, 3.05) is 6.54 Å². The largest absolute Gasteiger partial charge is 0.479 e. The molecule has 0 saturated carbocycles. The third-order valence-electron chi connectivity index (χ3n) is 2.63. The topological polar surface area (TPSA) is 104 Å². The summed E-state index contributed by atoms with van der Waals surface area (Å²) in [4.78, 5) is 10.6. The van der Waals surface area contributed by atoms with Crippen LogP contribution in [0, 0.1) is 20.8 Å². The van der Waals surface area contributed by atoms with E-state index in [-0.39, 0.29) is 4.90 Å². The van der Waals surface area contributed by atoms with Crippen molar-refractivity contribution in [2.45, 2.75) is 31.8 Å². The van der Waals surface area contributed by atoms with Crippen LogP contribution in [0.15, 0.2) is 17.0 Å². The number of rotatable bonds is 5. The predicted octanol–water partition coefficient (Wildman–Crippen LogP) is 0.336. The Kier molecular flexibility index (Phi) is 4.67. The van der Waals surface area contributed by atoms with E-state index in [0.29, 0.717) is 11.1 Å². The molecule has 0 amide bonds. The highest BCUT2D eigenvalue weighted by atomic mass is 32.2. The second-order valence-corrected chi connectivity index (χ2v) is 6.14. The van der Waals surface area contributed by atoms with Crippen LogP contribution >= 0.6 is 0 Å². The fourth-order valence-corrected chi connectivity index (χ4v) is 3.43. The van der Waals surface area contributed by atoms with E-state index in [1.807, 2.05) is 6.92 Å². The molecule has 0 unspecified atom stereocenters. The minimum Gasteiger partial charge on any atom is -0.479 e. The molecule has 0 heterocycles. The van der Waals surface area contributed by atoms with Crippen LogP contribution < -0.4 is 4.72 Å². The lowest BCUT2D eigenvalue weighted by Crippen LogP contribution is -2.37. The van der Waals surface area contributed by atoms with E-state index in [1.165, 1.54) is 0 Å². The first-order valence-corrected chi connectivity index (χ1v) is 7.12. The average molecular weight is 287 g/mol. The maximum Gasteiger partial charge on any atom is 0.333 e. The van der Waals surface area contributed by atoms with Gasteiger partial charge >= 0.3 is 5.97 Å². The summed E-state index contributed by atoms with van der Waals surface area (Å²) in [6.45, 7) is 4.63. The van der Waals surface area contributed by atoms with E-state index in [9.17, 15) is 13.2 Å². The van der Waals surface area contributed by atoms with Crippen LogP contribution in [0.4, 0.5) is 0 Å². The Hall–Kier alpha value is -1.44. The third kappa shape index (κ3) is 3.76. The van der Waals surface area contributed by atoms with E-state index in [4.69, 9.17) is 10.2 Å². The van der Waals surface area contributed by atoms with Gasteiger partial charge in [0.1, 0.15) is 0 Å². The van der Waals surface area contributed by atoms with E-state index in [0.717, 1.165) is 5.56 Å². The van der Waals surface area contributed by atoms with Gasteiger partial charge in [-0.05, 0) is 31.9 Å². The SMILES string of the molecule is Cc1cc(C)c(S(=O)(=O)NC[C@@H](O)C(=O)O)c(C)c1. The number of aliphatic carboxylic acids is 1. The molecule has 7 heteroatoms. The zero-order chi connectivity index (χ0) is 14.8.